The Labute approximate surface area is 223 Å². The number of alkyl halides is 1. The summed E-state index contributed by atoms with van der Waals surface area (Å²) in [7, 11) is 3.56. The van der Waals surface area contributed by atoms with Crippen molar-refractivity contribution >= 4 is 34.9 Å². The molecule has 1 aromatic carbocycles. The Bertz CT molecular complexity index is 1110. The average molecular weight is 531 g/mol. The van der Waals surface area contributed by atoms with Gasteiger partial charge >= 0.3 is 5.97 Å². The monoisotopic (exact) mass is 530 g/mol. The number of carbonyl (C=O) groups is 1. The van der Waals surface area contributed by atoms with Crippen molar-refractivity contribution in [3.8, 4) is 5.75 Å². The normalized spacial score (nSPS) is 18.0. The van der Waals surface area contributed by atoms with Gasteiger partial charge < -0.3 is 19.9 Å². The first-order chi connectivity index (χ1) is 18.4. The van der Waals surface area contributed by atoms with Crippen molar-refractivity contribution in [1.29, 1.82) is 0 Å². The van der Waals surface area contributed by atoms with Crippen molar-refractivity contribution in [1.82, 2.24) is 14.9 Å². The number of amidine groups is 1. The number of halogens is 1. The zero-order chi connectivity index (χ0) is 27.3. The Morgan fingerprint density at radius 1 is 1.32 bits per heavy atom. The number of hydrogen-bond donors (Lipinski definition) is 1. The summed E-state index contributed by atoms with van der Waals surface area (Å²) in [6.07, 6.45) is 6.74. The molecular formula is C27H39FN6O4. The lowest BCUT2D eigenvalue weighted by atomic mass is 10.1. The number of nitrogens with zero attached hydrogens (tertiary/aromatic N) is 5. The van der Waals surface area contributed by atoms with E-state index in [1.807, 2.05) is 24.9 Å². The molecule has 0 spiro atoms. The summed E-state index contributed by atoms with van der Waals surface area (Å²) < 4.78 is 31.5. The van der Waals surface area contributed by atoms with Gasteiger partial charge in [0.15, 0.2) is 11.9 Å². The predicted octanol–water partition coefficient (Wildman–Crippen LogP) is 3.41. The van der Waals surface area contributed by atoms with E-state index in [0.717, 1.165) is 44.2 Å². The van der Waals surface area contributed by atoms with Crippen LogP contribution in [0.2, 0.25) is 0 Å². The van der Waals surface area contributed by atoms with Gasteiger partial charge in [0.05, 0.1) is 11.7 Å². The molecule has 0 bridgehead atoms. The maximum absolute atomic E-state index is 14.8. The van der Waals surface area contributed by atoms with E-state index < -0.39 is 12.1 Å². The van der Waals surface area contributed by atoms with Crippen LogP contribution in [0.25, 0.3) is 11.0 Å². The molecule has 0 radical (unpaired) electrons. The number of aliphatic imine (C=N–C) groups is 2. The van der Waals surface area contributed by atoms with E-state index in [-0.39, 0.29) is 25.1 Å². The molecule has 10 nitrogen and oxygen atoms in total. The van der Waals surface area contributed by atoms with Crippen LogP contribution in [0.4, 0.5) is 10.2 Å². The number of anilines is 1. The summed E-state index contributed by atoms with van der Waals surface area (Å²) in [4.78, 5) is 31.7. The second-order valence-electron chi connectivity index (χ2n) is 9.31. The van der Waals surface area contributed by atoms with Crippen LogP contribution in [0.15, 0.2) is 28.3 Å². The molecular weight excluding hydrogens is 491 g/mol. The minimum absolute atomic E-state index is 0.222. The Kier molecular flexibility index (Phi) is 11.8. The number of rotatable bonds is 12. The van der Waals surface area contributed by atoms with Crippen molar-refractivity contribution in [2.24, 2.45) is 9.98 Å². The molecule has 1 unspecified atom stereocenters. The Hall–Kier alpha value is -3.18. The highest BCUT2D eigenvalue weighted by Gasteiger charge is 2.27. The zero-order valence-corrected chi connectivity index (χ0v) is 22.6. The van der Waals surface area contributed by atoms with Crippen LogP contribution in [0.3, 0.4) is 0 Å². The first-order valence-corrected chi connectivity index (χ1v) is 13.2. The second-order valence-corrected chi connectivity index (χ2v) is 9.31. The molecule has 0 saturated carbocycles. The molecule has 1 saturated heterocycles. The minimum atomic E-state index is -1.52. The molecule has 3 rings (SSSR count). The fourth-order valence-electron chi connectivity index (χ4n) is 4.19. The van der Waals surface area contributed by atoms with Crippen LogP contribution in [-0.2, 0) is 20.7 Å². The number of nitrogens with two attached hydrogens (primary N) is 1. The highest BCUT2D eigenvalue weighted by Crippen LogP contribution is 2.29. The summed E-state index contributed by atoms with van der Waals surface area (Å²) in [6.45, 7) is 3.12. The number of aromatic nitrogens is 2. The molecule has 1 aliphatic rings. The zero-order valence-electron chi connectivity index (χ0n) is 22.6. The minimum Gasteiger partial charge on any atom is -0.488 e. The predicted molar refractivity (Wildman–Crippen MR) is 147 cm³/mol. The van der Waals surface area contributed by atoms with Gasteiger partial charge in [0, 0.05) is 31.9 Å². The molecule has 2 atom stereocenters. The molecule has 2 N–H and O–H groups in total. The van der Waals surface area contributed by atoms with Gasteiger partial charge in [0.1, 0.15) is 43.0 Å². The van der Waals surface area contributed by atoms with Gasteiger partial charge in [-0.2, -0.15) is 0 Å². The van der Waals surface area contributed by atoms with E-state index in [1.54, 1.807) is 19.3 Å². The number of esters is 1. The molecule has 0 amide bonds. The van der Waals surface area contributed by atoms with Gasteiger partial charge in [-0.15, -0.1) is 0 Å². The lowest BCUT2D eigenvalue weighted by Gasteiger charge is -2.24. The molecule has 2 aromatic rings. The van der Waals surface area contributed by atoms with Gasteiger partial charge in [-0.3, -0.25) is 19.7 Å². The summed E-state index contributed by atoms with van der Waals surface area (Å²) in [5.41, 5.74) is 7.59. The fraction of sp³-hybridized carbons (Fsp3) is 0.593. The third-order valence-electron chi connectivity index (χ3n) is 6.27. The highest BCUT2D eigenvalue weighted by atomic mass is 19.1. The summed E-state index contributed by atoms with van der Waals surface area (Å²) in [6, 6.07) is 3.30. The second kappa shape index (κ2) is 15.3. The van der Waals surface area contributed by atoms with Gasteiger partial charge in [0.25, 0.3) is 0 Å². The molecule has 1 fully saturated rings. The number of likely N-dealkylation sites (tertiary alicyclic amines) is 1. The topological polar surface area (TPSA) is 125 Å². The largest absolute Gasteiger partial charge is 0.488 e. The molecule has 1 aliphatic heterocycles. The highest BCUT2D eigenvalue weighted by molar-refractivity contribution is 5.91. The van der Waals surface area contributed by atoms with Crippen LogP contribution in [-0.4, -0.2) is 92.2 Å². The average Bonchev–Trinajstić information content (AvgIpc) is 3.14. The Morgan fingerprint density at radius 3 is 2.95 bits per heavy atom. The third kappa shape index (κ3) is 8.70. The molecule has 1 aromatic heterocycles. The lowest BCUT2D eigenvalue weighted by molar-refractivity contribution is -0.151. The molecule has 38 heavy (non-hydrogen) atoms. The van der Waals surface area contributed by atoms with Crippen molar-refractivity contribution < 1.29 is 23.4 Å². The van der Waals surface area contributed by atoms with Crippen LogP contribution >= 0.6 is 0 Å². The third-order valence-corrected chi connectivity index (χ3v) is 6.27. The molecule has 2 heterocycles. The maximum Gasteiger partial charge on any atom is 0.323 e. The van der Waals surface area contributed by atoms with E-state index in [0.29, 0.717) is 42.3 Å². The van der Waals surface area contributed by atoms with Gasteiger partial charge in [-0.05, 0) is 38.9 Å². The first kappa shape index (κ1) is 29.4. The van der Waals surface area contributed by atoms with Crippen LogP contribution in [0.5, 0.6) is 5.75 Å². The van der Waals surface area contributed by atoms with E-state index >= 15 is 0 Å². The van der Waals surface area contributed by atoms with Crippen molar-refractivity contribution in [2.45, 2.75) is 57.7 Å². The van der Waals surface area contributed by atoms with E-state index in [9.17, 15) is 9.18 Å². The summed E-state index contributed by atoms with van der Waals surface area (Å²) >= 11 is 0. The number of fused-ring (bicyclic) bond motifs is 1. The van der Waals surface area contributed by atoms with E-state index in [4.69, 9.17) is 19.9 Å². The van der Waals surface area contributed by atoms with E-state index in [1.165, 1.54) is 6.20 Å². The van der Waals surface area contributed by atoms with Crippen molar-refractivity contribution in [3.05, 3.63) is 23.9 Å². The number of likely N-dealkylation sites (N-methyl/N-ethyl adjacent to an activating group) is 1. The molecule has 0 aliphatic carbocycles. The Balaban J connectivity index is 1.66. The van der Waals surface area contributed by atoms with Crippen LogP contribution in [0, 0.1) is 0 Å². The first-order valence-electron chi connectivity index (χ1n) is 13.2. The van der Waals surface area contributed by atoms with Crippen LogP contribution in [0.1, 0.15) is 44.6 Å². The SMILES string of the molecule is CCCOCC(/N=C\Cc1ccc2ncc(N)nc2c1OCC(F)COC(=O)[C@@H]1CCCCCN1C)=N/C. The summed E-state index contributed by atoms with van der Waals surface area (Å²) in [5, 5.41) is 0. The maximum atomic E-state index is 14.8. The van der Waals surface area contributed by atoms with Crippen molar-refractivity contribution in [2.75, 3.05) is 52.8 Å². The standard InChI is InChI=1S/C27H39FN6O4/c1-4-14-36-18-24(30-2)31-12-11-19-9-10-21-25(33-23(29)15-32-21)26(19)37-16-20(28)17-38-27(35)22-8-6-5-7-13-34(22)3/h9-10,12,15,20,22H,4-8,11,13-14,16-18H2,1-3H3,(H2,29,33)/b30-24-,31-12-/t20?,22-/m0/s1. The van der Waals surface area contributed by atoms with E-state index in [2.05, 4.69) is 20.0 Å². The van der Waals surface area contributed by atoms with Gasteiger partial charge in [-0.1, -0.05) is 25.8 Å². The quantitative estimate of drug-likeness (QED) is 0.192. The smallest absolute Gasteiger partial charge is 0.323 e. The fourth-order valence-corrected chi connectivity index (χ4v) is 4.19. The number of ether oxygens (including phenoxy) is 3. The molecule has 11 heteroatoms. The van der Waals surface area contributed by atoms with Gasteiger partial charge in [0.2, 0.25) is 0 Å². The molecule has 208 valence electrons. The number of hydrogen-bond acceptors (Lipinski definition) is 9. The number of nitrogen functional groups attached to an aromatic ring is 1. The van der Waals surface area contributed by atoms with Crippen LogP contribution < -0.4 is 10.5 Å². The van der Waals surface area contributed by atoms with Gasteiger partial charge in [-0.25, -0.2) is 14.4 Å². The number of benzene rings is 1. The summed E-state index contributed by atoms with van der Waals surface area (Å²) in [5.74, 6) is 0.757. The Morgan fingerprint density at radius 2 is 2.16 bits per heavy atom. The van der Waals surface area contributed by atoms with Crippen molar-refractivity contribution in [3.63, 3.8) is 0 Å². The number of carbonyl (C=O) groups excluding carboxylic acids is 1. The lowest BCUT2D eigenvalue weighted by Crippen LogP contribution is -2.40.